The molecule has 84 valence electrons. The number of hydrogen-bond acceptors (Lipinski definition) is 2. The van der Waals surface area contributed by atoms with E-state index in [0.717, 1.165) is 24.3 Å². The van der Waals surface area contributed by atoms with Crippen LogP contribution in [-0.2, 0) is 0 Å². The van der Waals surface area contributed by atoms with Crippen molar-refractivity contribution in [1.29, 1.82) is 0 Å². The molecular formula is C13H21NS. The summed E-state index contributed by atoms with van der Waals surface area (Å²) in [6, 6.07) is 2.25. The predicted octanol–water partition coefficient (Wildman–Crippen LogP) is 3.41. The molecular weight excluding hydrogens is 202 g/mol. The minimum absolute atomic E-state index is 0.769. The van der Waals surface area contributed by atoms with Crippen molar-refractivity contribution in [3.63, 3.8) is 0 Å². The fourth-order valence-electron chi connectivity index (χ4n) is 2.12. The zero-order chi connectivity index (χ0) is 10.8. The molecule has 2 atom stereocenters. The Hall–Kier alpha value is -0.340. The summed E-state index contributed by atoms with van der Waals surface area (Å²) in [5.74, 6) is 2.54. The molecule has 2 unspecified atom stereocenters. The van der Waals surface area contributed by atoms with Crippen molar-refractivity contribution in [3.8, 4) is 0 Å². The molecule has 1 heterocycles. The molecule has 2 rings (SSSR count). The van der Waals surface area contributed by atoms with Gasteiger partial charge in [0, 0.05) is 4.88 Å². The largest absolute Gasteiger partial charge is 0.316 e. The van der Waals surface area contributed by atoms with E-state index in [4.69, 9.17) is 0 Å². The lowest BCUT2D eigenvalue weighted by molar-refractivity contribution is 0.533. The van der Waals surface area contributed by atoms with E-state index in [2.05, 4.69) is 37.5 Å². The van der Waals surface area contributed by atoms with Crippen LogP contribution in [0.2, 0.25) is 0 Å². The van der Waals surface area contributed by atoms with Gasteiger partial charge in [0.15, 0.2) is 0 Å². The van der Waals surface area contributed by atoms with Gasteiger partial charge in [0.1, 0.15) is 0 Å². The molecule has 1 aliphatic carbocycles. The Bertz CT molecular complexity index is 316. The highest BCUT2D eigenvalue weighted by atomic mass is 32.1. The Morgan fingerprint density at radius 3 is 2.93 bits per heavy atom. The number of thiophene rings is 1. The first-order valence-corrected chi connectivity index (χ1v) is 6.81. The van der Waals surface area contributed by atoms with Crippen LogP contribution >= 0.6 is 11.3 Å². The third-order valence-corrected chi connectivity index (χ3v) is 4.27. The van der Waals surface area contributed by atoms with E-state index in [9.17, 15) is 0 Å². The zero-order valence-corrected chi connectivity index (χ0v) is 10.7. The Morgan fingerprint density at radius 2 is 2.33 bits per heavy atom. The van der Waals surface area contributed by atoms with Crippen molar-refractivity contribution in [3.05, 3.63) is 21.9 Å². The summed E-state index contributed by atoms with van der Waals surface area (Å²) < 4.78 is 0. The smallest absolute Gasteiger partial charge is 0.0109 e. The minimum Gasteiger partial charge on any atom is -0.316 e. The fourth-order valence-corrected chi connectivity index (χ4v) is 3.25. The number of hydrogen-bond donors (Lipinski definition) is 1. The van der Waals surface area contributed by atoms with Gasteiger partial charge in [-0.25, -0.2) is 0 Å². The maximum absolute atomic E-state index is 3.56. The Kier molecular flexibility index (Phi) is 3.47. The van der Waals surface area contributed by atoms with Crippen LogP contribution in [0.3, 0.4) is 0 Å². The molecule has 1 saturated carbocycles. The van der Waals surface area contributed by atoms with Gasteiger partial charge in [0.25, 0.3) is 0 Å². The van der Waals surface area contributed by atoms with Crippen LogP contribution in [0, 0.1) is 18.8 Å². The van der Waals surface area contributed by atoms with E-state index in [1.807, 2.05) is 11.3 Å². The third-order valence-electron chi connectivity index (χ3n) is 3.12. The van der Waals surface area contributed by atoms with Gasteiger partial charge in [0.2, 0.25) is 0 Å². The summed E-state index contributed by atoms with van der Waals surface area (Å²) in [6.45, 7) is 9.14. The highest BCUT2D eigenvalue weighted by Gasteiger charge is 2.39. The minimum atomic E-state index is 0.769. The molecule has 1 nitrogen and oxygen atoms in total. The molecule has 2 heteroatoms. The molecule has 0 aliphatic heterocycles. The van der Waals surface area contributed by atoms with Crippen LogP contribution in [0.1, 0.15) is 36.6 Å². The van der Waals surface area contributed by atoms with Gasteiger partial charge >= 0.3 is 0 Å². The summed E-state index contributed by atoms with van der Waals surface area (Å²) in [5, 5.41) is 5.79. The Morgan fingerprint density at radius 1 is 1.53 bits per heavy atom. The van der Waals surface area contributed by atoms with Crippen LogP contribution in [0.4, 0.5) is 0 Å². The molecule has 0 spiro atoms. The molecule has 0 aromatic carbocycles. The Labute approximate surface area is 96.9 Å². The van der Waals surface area contributed by atoms with Gasteiger partial charge < -0.3 is 5.32 Å². The second-order valence-corrected chi connectivity index (χ2v) is 6.07. The maximum Gasteiger partial charge on any atom is 0.0109 e. The van der Waals surface area contributed by atoms with E-state index < -0.39 is 0 Å². The molecule has 0 bridgehead atoms. The molecule has 0 amide bonds. The average molecular weight is 223 g/mol. The molecule has 1 aromatic rings. The highest BCUT2D eigenvalue weighted by Crippen LogP contribution is 2.49. The van der Waals surface area contributed by atoms with E-state index in [1.165, 1.54) is 18.5 Å². The lowest BCUT2D eigenvalue weighted by Gasteiger charge is -2.06. The predicted molar refractivity (Wildman–Crippen MR) is 67.6 cm³/mol. The van der Waals surface area contributed by atoms with Gasteiger partial charge in [-0.2, -0.15) is 0 Å². The normalized spacial score (nSPS) is 24.8. The van der Waals surface area contributed by atoms with Crippen LogP contribution in [0.25, 0.3) is 0 Å². The van der Waals surface area contributed by atoms with Crippen LogP contribution in [0.15, 0.2) is 11.4 Å². The van der Waals surface area contributed by atoms with E-state index in [-0.39, 0.29) is 0 Å². The lowest BCUT2D eigenvalue weighted by Crippen LogP contribution is -2.22. The lowest BCUT2D eigenvalue weighted by atomic mass is 10.2. The quantitative estimate of drug-likeness (QED) is 0.806. The van der Waals surface area contributed by atoms with Gasteiger partial charge in [0.05, 0.1) is 0 Å². The molecule has 0 saturated heterocycles. The van der Waals surface area contributed by atoms with Crippen LogP contribution in [0.5, 0.6) is 0 Å². The first-order chi connectivity index (χ1) is 7.18. The van der Waals surface area contributed by atoms with Crippen LogP contribution in [-0.4, -0.2) is 13.1 Å². The monoisotopic (exact) mass is 223 g/mol. The second-order valence-electron chi connectivity index (χ2n) is 5.12. The second kappa shape index (κ2) is 4.67. The highest BCUT2D eigenvalue weighted by molar-refractivity contribution is 7.10. The molecule has 0 radical (unpaired) electrons. The van der Waals surface area contributed by atoms with Gasteiger partial charge in [-0.1, -0.05) is 13.8 Å². The van der Waals surface area contributed by atoms with Crippen molar-refractivity contribution in [2.75, 3.05) is 13.1 Å². The topological polar surface area (TPSA) is 12.0 Å². The Balaban J connectivity index is 1.75. The van der Waals surface area contributed by atoms with E-state index >= 15 is 0 Å². The van der Waals surface area contributed by atoms with E-state index in [0.29, 0.717) is 0 Å². The number of rotatable bonds is 5. The third kappa shape index (κ3) is 2.82. The van der Waals surface area contributed by atoms with Crippen molar-refractivity contribution in [2.24, 2.45) is 11.8 Å². The summed E-state index contributed by atoms with van der Waals surface area (Å²) in [4.78, 5) is 1.63. The fraction of sp³-hybridized carbons (Fsp3) is 0.692. The number of nitrogens with one attached hydrogen (secondary N) is 1. The van der Waals surface area contributed by atoms with Crippen LogP contribution < -0.4 is 5.32 Å². The van der Waals surface area contributed by atoms with Crippen molar-refractivity contribution in [2.45, 2.75) is 33.1 Å². The summed E-state index contributed by atoms with van der Waals surface area (Å²) in [7, 11) is 0. The van der Waals surface area contributed by atoms with E-state index in [1.54, 1.807) is 4.88 Å². The first kappa shape index (κ1) is 11.2. The van der Waals surface area contributed by atoms with Gasteiger partial charge in [-0.3, -0.25) is 0 Å². The van der Waals surface area contributed by atoms with Crippen molar-refractivity contribution < 1.29 is 0 Å². The standard InChI is InChI=1S/C13H21NS/c1-9(2)7-14-8-11-6-12(11)13-10(3)4-5-15-13/h4-5,9,11-12,14H,6-8H2,1-3H3. The molecule has 15 heavy (non-hydrogen) atoms. The van der Waals surface area contributed by atoms with Crippen molar-refractivity contribution in [1.82, 2.24) is 5.32 Å². The maximum atomic E-state index is 3.56. The average Bonchev–Trinajstić information content (AvgIpc) is 2.79. The molecule has 1 N–H and O–H groups in total. The summed E-state index contributed by atoms with van der Waals surface area (Å²) >= 11 is 1.94. The van der Waals surface area contributed by atoms with Gasteiger partial charge in [-0.15, -0.1) is 11.3 Å². The first-order valence-electron chi connectivity index (χ1n) is 5.93. The van der Waals surface area contributed by atoms with Crippen molar-refractivity contribution >= 4 is 11.3 Å². The molecule has 1 fully saturated rings. The summed E-state index contributed by atoms with van der Waals surface area (Å²) in [6.07, 6.45) is 1.40. The summed E-state index contributed by atoms with van der Waals surface area (Å²) in [5.41, 5.74) is 1.50. The van der Waals surface area contributed by atoms with Gasteiger partial charge in [-0.05, 0) is 61.2 Å². The molecule has 1 aliphatic rings. The molecule has 1 aromatic heterocycles. The number of aryl methyl sites for hydroxylation is 1. The zero-order valence-electron chi connectivity index (χ0n) is 9.92. The SMILES string of the molecule is Cc1ccsc1C1CC1CNCC(C)C.